The van der Waals surface area contributed by atoms with Gasteiger partial charge in [0.25, 0.3) is 0 Å². The number of H-pyrrole nitrogens is 1. The Balaban J connectivity index is 1.35. The van der Waals surface area contributed by atoms with Crippen molar-refractivity contribution in [2.75, 3.05) is 0 Å². The maximum atomic E-state index is 5.11. The Bertz CT molecular complexity index is 2690. The van der Waals surface area contributed by atoms with E-state index >= 15 is 0 Å². The monoisotopic (exact) mass is 555 g/mol. The minimum atomic E-state index is 0.903. The number of hydrogen-bond donors (Lipinski definition) is 1. The highest BCUT2D eigenvalue weighted by atomic mass is 32.1. The molecule has 0 fully saturated rings. The molecule has 10 rings (SSSR count). The van der Waals surface area contributed by atoms with Gasteiger partial charge in [0.1, 0.15) is 0 Å². The molecular weight excluding hydrogens is 534 g/mol. The first-order chi connectivity index (χ1) is 20.8. The maximum Gasteiger partial charge on any atom is 0.220 e. The Hall–Kier alpha value is -5.46. The van der Waals surface area contributed by atoms with Crippen LogP contribution in [0.1, 0.15) is 0 Å². The summed E-state index contributed by atoms with van der Waals surface area (Å²) in [5.41, 5.74) is 9.72. The zero-order valence-corrected chi connectivity index (χ0v) is 23.1. The van der Waals surface area contributed by atoms with Crippen molar-refractivity contribution in [3.63, 3.8) is 0 Å². The standard InChI is InChI=1S/C36H21N5S/c1-2-9-21(10-3-1)40-34-29(41-28-15-6-5-14-27(28)38-36(40)41)18-17-24-23-12-8-13-26(31(23)39-32(24)34)33-35-25(19-20-37-33)22-11-4-7-16-30(22)42-35/h1-20,39H. The summed E-state index contributed by atoms with van der Waals surface area (Å²) < 4.78 is 7.07. The lowest BCUT2D eigenvalue weighted by Gasteiger charge is -2.06. The van der Waals surface area contributed by atoms with Crippen LogP contribution in [0.4, 0.5) is 0 Å². The summed E-state index contributed by atoms with van der Waals surface area (Å²) in [5.74, 6) is 0.903. The van der Waals surface area contributed by atoms with E-state index in [9.17, 15) is 0 Å². The predicted octanol–water partition coefficient (Wildman–Crippen LogP) is 9.50. The molecule has 0 saturated carbocycles. The first-order valence-corrected chi connectivity index (χ1v) is 14.8. The molecule has 5 aromatic heterocycles. The third kappa shape index (κ3) is 2.81. The van der Waals surface area contributed by atoms with Crippen LogP contribution in [0.15, 0.2) is 121 Å². The van der Waals surface area contributed by atoms with E-state index in [0.29, 0.717) is 0 Å². The van der Waals surface area contributed by atoms with Crippen LogP contribution >= 0.6 is 11.3 Å². The quantitative estimate of drug-likeness (QED) is 0.231. The molecule has 5 heterocycles. The van der Waals surface area contributed by atoms with Crippen molar-refractivity contribution >= 4 is 81.2 Å². The molecule has 0 amide bonds. The molecular formula is C36H21N5S. The van der Waals surface area contributed by atoms with Crippen molar-refractivity contribution in [2.45, 2.75) is 0 Å². The van der Waals surface area contributed by atoms with Gasteiger partial charge in [-0.3, -0.25) is 14.0 Å². The first kappa shape index (κ1) is 22.3. The van der Waals surface area contributed by atoms with Gasteiger partial charge in [0.2, 0.25) is 5.78 Å². The van der Waals surface area contributed by atoms with Crippen molar-refractivity contribution in [1.29, 1.82) is 0 Å². The van der Waals surface area contributed by atoms with Crippen LogP contribution in [0.5, 0.6) is 0 Å². The number of para-hydroxylation sites is 4. The van der Waals surface area contributed by atoms with Crippen LogP contribution in [0.2, 0.25) is 0 Å². The summed E-state index contributed by atoms with van der Waals surface area (Å²) >= 11 is 1.81. The average molecular weight is 556 g/mol. The van der Waals surface area contributed by atoms with Gasteiger partial charge in [-0.05, 0) is 48.5 Å². The van der Waals surface area contributed by atoms with Crippen molar-refractivity contribution in [2.24, 2.45) is 0 Å². The normalized spacial score (nSPS) is 12.3. The van der Waals surface area contributed by atoms with E-state index in [1.807, 2.05) is 23.6 Å². The third-order valence-corrected chi connectivity index (χ3v) is 9.73. The molecule has 10 aromatic rings. The smallest absolute Gasteiger partial charge is 0.220 e. The summed E-state index contributed by atoms with van der Waals surface area (Å²) in [7, 11) is 0. The number of pyridine rings is 1. The van der Waals surface area contributed by atoms with Crippen LogP contribution < -0.4 is 0 Å². The molecule has 0 radical (unpaired) electrons. The maximum absolute atomic E-state index is 5.11. The highest BCUT2D eigenvalue weighted by Gasteiger charge is 2.22. The minimum Gasteiger partial charge on any atom is -0.352 e. The van der Waals surface area contributed by atoms with E-state index in [-0.39, 0.29) is 0 Å². The first-order valence-electron chi connectivity index (χ1n) is 14.0. The van der Waals surface area contributed by atoms with E-state index in [1.54, 1.807) is 0 Å². The van der Waals surface area contributed by atoms with Crippen LogP contribution in [-0.2, 0) is 0 Å². The Morgan fingerprint density at radius 1 is 0.619 bits per heavy atom. The number of benzene rings is 5. The molecule has 42 heavy (non-hydrogen) atoms. The number of aromatic amines is 1. The largest absolute Gasteiger partial charge is 0.352 e. The summed E-state index contributed by atoms with van der Waals surface area (Å²) in [6.07, 6.45) is 1.94. The van der Waals surface area contributed by atoms with Gasteiger partial charge in [-0.1, -0.05) is 66.7 Å². The number of aromatic nitrogens is 5. The lowest BCUT2D eigenvalue weighted by Crippen LogP contribution is -1.95. The second-order valence-corrected chi connectivity index (χ2v) is 11.8. The molecule has 196 valence electrons. The molecule has 0 unspecified atom stereocenters. The molecule has 0 aliphatic rings. The van der Waals surface area contributed by atoms with E-state index in [1.165, 1.54) is 30.9 Å². The van der Waals surface area contributed by atoms with Gasteiger partial charge in [-0.2, -0.15) is 0 Å². The SMILES string of the molecule is c1ccc(-n2c3c4[nH]c5c(-c6nccc7c6sc6ccccc67)cccc5c4ccc3n3c4ccccc4nc23)cc1. The van der Waals surface area contributed by atoms with Crippen LogP contribution in [0.3, 0.4) is 0 Å². The average Bonchev–Trinajstić information content (AvgIpc) is 3.79. The highest BCUT2D eigenvalue weighted by Crippen LogP contribution is 2.43. The van der Waals surface area contributed by atoms with Crippen molar-refractivity contribution in [3.8, 4) is 16.9 Å². The molecule has 0 aliphatic heterocycles. The van der Waals surface area contributed by atoms with Crippen LogP contribution in [0.25, 0.3) is 86.8 Å². The van der Waals surface area contributed by atoms with Crippen LogP contribution in [-0.4, -0.2) is 23.9 Å². The van der Waals surface area contributed by atoms with E-state index in [2.05, 4.69) is 123 Å². The lowest BCUT2D eigenvalue weighted by molar-refractivity contribution is 1.11. The molecule has 5 aromatic carbocycles. The fraction of sp³-hybridized carbons (Fsp3) is 0. The topological polar surface area (TPSA) is 50.9 Å². The van der Waals surface area contributed by atoms with E-state index < -0.39 is 0 Å². The van der Waals surface area contributed by atoms with E-state index in [0.717, 1.165) is 55.8 Å². The highest BCUT2D eigenvalue weighted by molar-refractivity contribution is 7.26. The second-order valence-electron chi connectivity index (χ2n) is 10.8. The Kier molecular flexibility index (Phi) is 4.27. The predicted molar refractivity (Wildman–Crippen MR) is 175 cm³/mol. The summed E-state index contributed by atoms with van der Waals surface area (Å²) in [4.78, 5) is 14.0. The molecule has 0 bridgehead atoms. The van der Waals surface area contributed by atoms with Gasteiger partial charge in [0.15, 0.2) is 0 Å². The van der Waals surface area contributed by atoms with Crippen molar-refractivity contribution in [1.82, 2.24) is 23.9 Å². The Labute approximate surface area is 242 Å². The summed E-state index contributed by atoms with van der Waals surface area (Å²) in [6, 6.07) is 40.7. The molecule has 0 spiro atoms. The zero-order chi connectivity index (χ0) is 27.4. The number of nitrogens with one attached hydrogen (secondary N) is 1. The molecule has 0 saturated heterocycles. The molecule has 1 N–H and O–H groups in total. The van der Waals surface area contributed by atoms with Gasteiger partial charge in [-0.25, -0.2) is 4.98 Å². The van der Waals surface area contributed by atoms with Crippen LogP contribution in [0, 0.1) is 0 Å². The van der Waals surface area contributed by atoms with Crippen molar-refractivity contribution in [3.05, 3.63) is 121 Å². The number of imidazole rings is 2. The molecule has 0 atom stereocenters. The third-order valence-electron chi connectivity index (χ3n) is 8.53. The number of fused-ring (bicyclic) bond motifs is 12. The number of thiophene rings is 1. The molecule has 5 nitrogen and oxygen atoms in total. The second kappa shape index (κ2) is 8.06. The van der Waals surface area contributed by atoms with Gasteiger partial charge in [0.05, 0.1) is 43.5 Å². The number of hydrogen-bond acceptors (Lipinski definition) is 3. The minimum absolute atomic E-state index is 0.903. The number of nitrogens with zero attached hydrogens (tertiary/aromatic N) is 4. The fourth-order valence-electron chi connectivity index (χ4n) is 6.74. The summed E-state index contributed by atoms with van der Waals surface area (Å²) in [6.45, 7) is 0. The molecule has 0 aliphatic carbocycles. The number of rotatable bonds is 2. The summed E-state index contributed by atoms with van der Waals surface area (Å²) in [5, 5.41) is 4.91. The van der Waals surface area contributed by atoms with Gasteiger partial charge >= 0.3 is 0 Å². The fourth-order valence-corrected chi connectivity index (χ4v) is 7.94. The Morgan fingerprint density at radius 2 is 1.43 bits per heavy atom. The van der Waals surface area contributed by atoms with Crippen molar-refractivity contribution < 1.29 is 0 Å². The zero-order valence-electron chi connectivity index (χ0n) is 22.2. The van der Waals surface area contributed by atoms with E-state index in [4.69, 9.17) is 9.97 Å². The van der Waals surface area contributed by atoms with Gasteiger partial charge < -0.3 is 4.98 Å². The lowest BCUT2D eigenvalue weighted by atomic mass is 10.0. The van der Waals surface area contributed by atoms with Gasteiger partial charge in [0, 0.05) is 43.7 Å². The van der Waals surface area contributed by atoms with Gasteiger partial charge in [-0.15, -0.1) is 11.3 Å². The Morgan fingerprint density at radius 3 is 2.38 bits per heavy atom. The molecule has 6 heteroatoms.